The van der Waals surface area contributed by atoms with Crippen molar-refractivity contribution >= 4 is 23.7 Å². The van der Waals surface area contributed by atoms with Crippen LogP contribution in [0.3, 0.4) is 0 Å². The number of nitrogens with one attached hydrogen (secondary N) is 1. The maximum absolute atomic E-state index is 12.8. The zero-order chi connectivity index (χ0) is 25.0. The molecule has 1 aliphatic rings. The van der Waals surface area contributed by atoms with Gasteiger partial charge in [0.2, 0.25) is 11.8 Å². The summed E-state index contributed by atoms with van der Waals surface area (Å²) in [7, 11) is 0. The van der Waals surface area contributed by atoms with Gasteiger partial charge in [-0.1, -0.05) is 12.1 Å². The summed E-state index contributed by atoms with van der Waals surface area (Å²) in [5.41, 5.74) is 0.477. The van der Waals surface area contributed by atoms with E-state index >= 15 is 0 Å². The van der Waals surface area contributed by atoms with Crippen LogP contribution in [0.1, 0.15) is 11.1 Å². The highest BCUT2D eigenvalue weighted by atomic mass is 19.4. The van der Waals surface area contributed by atoms with Crippen LogP contribution in [-0.2, 0) is 23.9 Å². The van der Waals surface area contributed by atoms with E-state index in [1.54, 1.807) is 30.3 Å². The van der Waals surface area contributed by atoms with Crippen molar-refractivity contribution in [3.8, 4) is 5.75 Å². The van der Waals surface area contributed by atoms with Crippen LogP contribution in [0.2, 0.25) is 0 Å². The summed E-state index contributed by atoms with van der Waals surface area (Å²) < 4.78 is 70.8. The van der Waals surface area contributed by atoms with Crippen molar-refractivity contribution in [3.63, 3.8) is 0 Å². The van der Waals surface area contributed by atoms with Crippen LogP contribution >= 0.6 is 0 Å². The van der Waals surface area contributed by atoms with Crippen molar-refractivity contribution in [1.29, 1.82) is 0 Å². The molecule has 35 heavy (non-hydrogen) atoms. The predicted molar refractivity (Wildman–Crippen MR) is 119 cm³/mol. The number of carbonyl (C=O) groups excluding carboxylic acids is 1. The molecule has 6 nitrogen and oxygen atoms in total. The lowest BCUT2D eigenvalue weighted by molar-refractivity contribution is -0.137. The van der Waals surface area contributed by atoms with Gasteiger partial charge in [-0.2, -0.15) is 13.2 Å². The van der Waals surface area contributed by atoms with E-state index in [1.165, 1.54) is 29.1 Å². The summed E-state index contributed by atoms with van der Waals surface area (Å²) >= 11 is 0. The number of fused-ring (bicyclic) bond motifs is 1. The number of benzene rings is 2. The van der Waals surface area contributed by atoms with Gasteiger partial charge in [0.05, 0.1) is 30.3 Å². The second-order valence-electron chi connectivity index (χ2n) is 7.60. The number of nitrogens with zero attached hydrogens (tertiary/aromatic N) is 3. The van der Waals surface area contributed by atoms with Crippen molar-refractivity contribution in [2.75, 3.05) is 11.9 Å². The monoisotopic (exact) mass is 490 g/mol. The fourth-order valence-electron chi connectivity index (χ4n) is 3.43. The third-order valence-corrected chi connectivity index (χ3v) is 5.03. The van der Waals surface area contributed by atoms with Gasteiger partial charge in [0.25, 0.3) is 6.43 Å². The van der Waals surface area contributed by atoms with Crippen molar-refractivity contribution in [2.24, 2.45) is 9.98 Å². The first kappa shape index (κ1) is 24.1. The molecule has 11 heteroatoms. The summed E-state index contributed by atoms with van der Waals surface area (Å²) in [5.74, 6) is 0.202. The molecule has 2 aromatic carbocycles. The van der Waals surface area contributed by atoms with Crippen molar-refractivity contribution < 1.29 is 31.5 Å². The van der Waals surface area contributed by atoms with Crippen molar-refractivity contribution in [3.05, 3.63) is 82.6 Å². The molecule has 0 bridgehead atoms. The average molecular weight is 490 g/mol. The second-order valence-corrected chi connectivity index (χ2v) is 7.60. The van der Waals surface area contributed by atoms with Crippen LogP contribution in [0.15, 0.2) is 70.8 Å². The standard InChI is InChI=1S/C24H19F5N4O2/c25-20(26)14-33-12-9-19-22(33)30-10-11-31-23(19)35-18-7-5-17(6-8-18)32-21(34)13-15-1-3-16(4-2-15)24(27,28)29/h1-9,11-12,20H,10,13-14H2,(H,32,34). The number of rotatable bonds is 7. The lowest BCUT2D eigenvalue weighted by atomic mass is 10.1. The molecule has 0 radical (unpaired) electrons. The van der Waals surface area contributed by atoms with E-state index in [-0.39, 0.29) is 18.8 Å². The van der Waals surface area contributed by atoms with Crippen LogP contribution < -0.4 is 20.8 Å². The molecule has 0 spiro atoms. The quantitative estimate of drug-likeness (QED) is 0.512. The Hall–Kier alpha value is -4.02. The number of carbonyl (C=O) groups is 1. The average Bonchev–Trinajstić information content (AvgIpc) is 3.06. The Labute approximate surface area is 196 Å². The van der Waals surface area contributed by atoms with Gasteiger partial charge in [-0.25, -0.2) is 13.8 Å². The Morgan fingerprint density at radius 1 is 1.06 bits per heavy atom. The van der Waals surface area contributed by atoms with Gasteiger partial charge >= 0.3 is 6.18 Å². The van der Waals surface area contributed by atoms with E-state index in [9.17, 15) is 26.7 Å². The van der Waals surface area contributed by atoms with Crippen LogP contribution in [-0.4, -0.2) is 29.7 Å². The SMILES string of the molecule is O=C(Cc1ccc(C(F)(F)F)cc1)Nc1ccc(OC2=c3ccn(CC(F)F)c3=NCC=N2)cc1. The molecule has 1 aliphatic heterocycles. The molecule has 0 unspecified atom stereocenters. The van der Waals surface area contributed by atoms with Gasteiger partial charge in [0, 0.05) is 18.1 Å². The lowest BCUT2D eigenvalue weighted by Crippen LogP contribution is -2.33. The normalized spacial score (nSPS) is 13.3. The molecular formula is C24H19F5N4O2. The molecule has 0 aliphatic carbocycles. The predicted octanol–water partition coefficient (Wildman–Crippen LogP) is 3.80. The highest BCUT2D eigenvalue weighted by molar-refractivity contribution is 5.92. The van der Waals surface area contributed by atoms with Crippen molar-refractivity contribution in [1.82, 2.24) is 4.57 Å². The Morgan fingerprint density at radius 2 is 1.77 bits per heavy atom. The minimum atomic E-state index is -4.43. The highest BCUT2D eigenvalue weighted by Crippen LogP contribution is 2.29. The first-order chi connectivity index (χ1) is 16.7. The Morgan fingerprint density at radius 3 is 2.43 bits per heavy atom. The van der Waals surface area contributed by atoms with Gasteiger partial charge in [-0.05, 0) is 48.0 Å². The molecular weight excluding hydrogens is 471 g/mol. The third-order valence-electron chi connectivity index (χ3n) is 5.03. The molecule has 0 saturated heterocycles. The van der Waals surface area contributed by atoms with E-state index in [1.807, 2.05) is 0 Å². The van der Waals surface area contributed by atoms with Gasteiger partial charge in [-0.3, -0.25) is 9.79 Å². The van der Waals surface area contributed by atoms with E-state index in [0.717, 1.165) is 12.1 Å². The number of hydrogen-bond acceptors (Lipinski definition) is 4. The van der Waals surface area contributed by atoms with Gasteiger partial charge in [0.1, 0.15) is 11.2 Å². The largest absolute Gasteiger partial charge is 0.438 e. The van der Waals surface area contributed by atoms with Crippen LogP contribution in [0.25, 0.3) is 5.88 Å². The van der Waals surface area contributed by atoms with Gasteiger partial charge < -0.3 is 14.6 Å². The molecule has 182 valence electrons. The summed E-state index contributed by atoms with van der Waals surface area (Å²) in [5, 5.41) is 3.15. The summed E-state index contributed by atoms with van der Waals surface area (Å²) in [4.78, 5) is 20.8. The Balaban J connectivity index is 1.42. The number of halogens is 5. The number of anilines is 1. The van der Waals surface area contributed by atoms with Gasteiger partial charge in [0.15, 0.2) is 0 Å². The maximum Gasteiger partial charge on any atom is 0.416 e. The highest BCUT2D eigenvalue weighted by Gasteiger charge is 2.30. The number of ether oxygens (including phenoxy) is 1. The maximum atomic E-state index is 12.8. The molecule has 0 fully saturated rings. The van der Waals surface area contributed by atoms with E-state index in [2.05, 4.69) is 15.3 Å². The Bertz CT molecular complexity index is 1340. The molecule has 0 saturated carbocycles. The summed E-state index contributed by atoms with van der Waals surface area (Å²) in [6.07, 6.45) is -4.04. The number of hydrogen-bond donors (Lipinski definition) is 1. The van der Waals surface area contributed by atoms with E-state index < -0.39 is 30.6 Å². The fourth-order valence-corrected chi connectivity index (χ4v) is 3.43. The topological polar surface area (TPSA) is 68.0 Å². The summed E-state index contributed by atoms with van der Waals surface area (Å²) in [6, 6.07) is 12.4. The zero-order valence-corrected chi connectivity index (χ0v) is 18.1. The summed E-state index contributed by atoms with van der Waals surface area (Å²) in [6.45, 7) is -0.274. The molecule has 1 aromatic heterocycles. The lowest BCUT2D eigenvalue weighted by Gasteiger charge is -2.09. The number of alkyl halides is 5. The molecule has 2 heterocycles. The van der Waals surface area contributed by atoms with Crippen LogP contribution in [0.5, 0.6) is 5.75 Å². The minimum absolute atomic E-state index is 0.0923. The smallest absolute Gasteiger partial charge is 0.416 e. The van der Waals surface area contributed by atoms with Crippen LogP contribution in [0.4, 0.5) is 27.6 Å². The van der Waals surface area contributed by atoms with E-state index in [0.29, 0.717) is 27.7 Å². The van der Waals surface area contributed by atoms with Crippen molar-refractivity contribution in [2.45, 2.75) is 25.6 Å². The van der Waals surface area contributed by atoms with E-state index in [4.69, 9.17) is 4.74 Å². The third kappa shape index (κ3) is 6.11. The minimum Gasteiger partial charge on any atom is -0.438 e. The number of aromatic nitrogens is 1. The molecule has 1 N–H and O–H groups in total. The molecule has 0 atom stereocenters. The zero-order valence-electron chi connectivity index (χ0n) is 18.1. The first-order valence-corrected chi connectivity index (χ1v) is 10.5. The molecule has 3 aromatic rings. The first-order valence-electron chi connectivity index (χ1n) is 10.5. The fraction of sp³-hybridized carbons (Fsp3) is 0.208. The van der Waals surface area contributed by atoms with Gasteiger partial charge in [-0.15, -0.1) is 0 Å². The number of aliphatic imine (C=N–C) groups is 1. The molecule has 1 amide bonds. The second kappa shape index (κ2) is 10.1. The number of amides is 1. The van der Waals surface area contributed by atoms with Crippen LogP contribution in [0, 0.1) is 0 Å². The molecule has 4 rings (SSSR count). The Kier molecular flexibility index (Phi) is 6.94.